The summed E-state index contributed by atoms with van der Waals surface area (Å²) in [6.45, 7) is 6.04. The summed E-state index contributed by atoms with van der Waals surface area (Å²) in [5.41, 5.74) is 0.547. The van der Waals surface area contributed by atoms with Gasteiger partial charge in [-0.3, -0.25) is 14.5 Å². The molecule has 0 bridgehead atoms. The van der Waals surface area contributed by atoms with E-state index in [1.165, 1.54) is 0 Å². The molecule has 1 heterocycles. The molecule has 1 saturated heterocycles. The Kier molecular flexibility index (Phi) is 6.81. The number of ether oxygens (including phenoxy) is 1. The number of nitrogens with one attached hydrogen (secondary N) is 2. The zero-order chi connectivity index (χ0) is 17.4. The zero-order valence-electron chi connectivity index (χ0n) is 14.1. The monoisotopic (exact) mass is 331 g/mol. The minimum atomic E-state index is -0.116. The normalized spacial score (nSPS) is 15.5. The van der Waals surface area contributed by atoms with E-state index in [9.17, 15) is 9.59 Å². The topological polar surface area (TPSA) is 70.7 Å². The standard InChI is InChI=1S/C18H25N3O3/c1-3-10-19-17(22)13-21-11-8-14(9-12-21)20-18(23)15-6-4-5-7-16(15)24-2/h3-7,14H,1,8-13H2,2H3,(H,19,22)(H,20,23). The molecule has 0 spiro atoms. The van der Waals surface area contributed by atoms with Gasteiger partial charge in [0.15, 0.2) is 0 Å². The highest BCUT2D eigenvalue weighted by Crippen LogP contribution is 2.18. The predicted octanol–water partition coefficient (Wildman–Crippen LogP) is 1.19. The molecular formula is C18H25N3O3. The lowest BCUT2D eigenvalue weighted by Crippen LogP contribution is -2.47. The average molecular weight is 331 g/mol. The van der Waals surface area contributed by atoms with E-state index in [2.05, 4.69) is 22.1 Å². The number of amides is 2. The van der Waals surface area contributed by atoms with Crippen LogP contribution in [0.1, 0.15) is 23.2 Å². The maximum Gasteiger partial charge on any atom is 0.255 e. The maximum absolute atomic E-state index is 12.4. The fourth-order valence-electron chi connectivity index (χ4n) is 2.78. The van der Waals surface area contributed by atoms with Crippen molar-refractivity contribution < 1.29 is 14.3 Å². The number of nitrogens with zero attached hydrogens (tertiary/aromatic N) is 1. The second-order valence-electron chi connectivity index (χ2n) is 5.82. The van der Waals surface area contributed by atoms with Crippen molar-refractivity contribution >= 4 is 11.8 Å². The summed E-state index contributed by atoms with van der Waals surface area (Å²) in [4.78, 5) is 26.2. The summed E-state index contributed by atoms with van der Waals surface area (Å²) in [7, 11) is 1.56. The van der Waals surface area contributed by atoms with Crippen molar-refractivity contribution in [3.05, 3.63) is 42.5 Å². The Hall–Kier alpha value is -2.34. The van der Waals surface area contributed by atoms with Crippen molar-refractivity contribution in [2.24, 2.45) is 0 Å². The van der Waals surface area contributed by atoms with Gasteiger partial charge < -0.3 is 15.4 Å². The van der Waals surface area contributed by atoms with Gasteiger partial charge in [-0.05, 0) is 25.0 Å². The average Bonchev–Trinajstić information content (AvgIpc) is 2.61. The summed E-state index contributed by atoms with van der Waals surface area (Å²) in [5.74, 6) is 0.465. The van der Waals surface area contributed by atoms with Gasteiger partial charge in [0, 0.05) is 25.7 Å². The first kappa shape index (κ1) is 18.0. The van der Waals surface area contributed by atoms with Gasteiger partial charge in [-0.25, -0.2) is 0 Å². The van der Waals surface area contributed by atoms with E-state index in [-0.39, 0.29) is 17.9 Å². The molecule has 2 amide bonds. The van der Waals surface area contributed by atoms with Crippen LogP contribution in [-0.4, -0.2) is 56.0 Å². The second kappa shape index (κ2) is 9.08. The number of para-hydroxylation sites is 1. The fraction of sp³-hybridized carbons (Fsp3) is 0.444. The molecule has 6 heteroatoms. The smallest absolute Gasteiger partial charge is 0.255 e. The van der Waals surface area contributed by atoms with Crippen molar-refractivity contribution in [3.63, 3.8) is 0 Å². The van der Waals surface area contributed by atoms with Crippen LogP contribution < -0.4 is 15.4 Å². The lowest BCUT2D eigenvalue weighted by Gasteiger charge is -2.31. The Balaban J connectivity index is 1.79. The first-order valence-corrected chi connectivity index (χ1v) is 8.18. The van der Waals surface area contributed by atoms with Crippen LogP contribution >= 0.6 is 0 Å². The molecule has 0 atom stereocenters. The molecule has 0 aliphatic carbocycles. The largest absolute Gasteiger partial charge is 0.496 e. The van der Waals surface area contributed by atoms with Crippen LogP contribution in [0.25, 0.3) is 0 Å². The summed E-state index contributed by atoms with van der Waals surface area (Å²) >= 11 is 0. The number of carbonyl (C=O) groups excluding carboxylic acids is 2. The van der Waals surface area contributed by atoms with Crippen molar-refractivity contribution in [2.75, 3.05) is 33.3 Å². The summed E-state index contributed by atoms with van der Waals surface area (Å²) in [6, 6.07) is 7.31. The number of hydrogen-bond donors (Lipinski definition) is 2. The maximum atomic E-state index is 12.4. The molecule has 0 radical (unpaired) electrons. The highest BCUT2D eigenvalue weighted by atomic mass is 16.5. The molecule has 2 rings (SSSR count). The third-order valence-electron chi connectivity index (χ3n) is 4.09. The van der Waals surface area contributed by atoms with E-state index in [0.717, 1.165) is 25.9 Å². The fourth-order valence-corrected chi connectivity index (χ4v) is 2.78. The Morgan fingerprint density at radius 3 is 2.71 bits per heavy atom. The number of hydrogen-bond acceptors (Lipinski definition) is 4. The van der Waals surface area contributed by atoms with Gasteiger partial charge in [-0.1, -0.05) is 18.2 Å². The van der Waals surface area contributed by atoms with Crippen LogP contribution in [0.2, 0.25) is 0 Å². The van der Waals surface area contributed by atoms with Gasteiger partial charge in [-0.2, -0.15) is 0 Å². The van der Waals surface area contributed by atoms with Crippen molar-refractivity contribution in [1.29, 1.82) is 0 Å². The van der Waals surface area contributed by atoms with Crippen LogP contribution in [-0.2, 0) is 4.79 Å². The Bertz CT molecular complexity index is 581. The van der Waals surface area contributed by atoms with Gasteiger partial charge in [-0.15, -0.1) is 6.58 Å². The van der Waals surface area contributed by atoms with Crippen LogP contribution in [0, 0.1) is 0 Å². The first-order valence-electron chi connectivity index (χ1n) is 8.18. The summed E-state index contributed by atoms with van der Waals surface area (Å²) < 4.78 is 5.23. The summed E-state index contributed by atoms with van der Waals surface area (Å²) in [5, 5.41) is 5.83. The van der Waals surface area contributed by atoms with Gasteiger partial charge in [0.2, 0.25) is 5.91 Å². The highest BCUT2D eigenvalue weighted by molar-refractivity contribution is 5.97. The lowest BCUT2D eigenvalue weighted by molar-refractivity contribution is -0.122. The molecule has 130 valence electrons. The zero-order valence-corrected chi connectivity index (χ0v) is 14.1. The quantitative estimate of drug-likeness (QED) is 0.737. The molecule has 1 aliphatic rings. The van der Waals surface area contributed by atoms with E-state index in [4.69, 9.17) is 4.74 Å². The number of carbonyl (C=O) groups is 2. The molecule has 2 N–H and O–H groups in total. The lowest BCUT2D eigenvalue weighted by atomic mass is 10.0. The SMILES string of the molecule is C=CCNC(=O)CN1CCC(NC(=O)c2ccccc2OC)CC1. The van der Waals surface area contributed by atoms with Crippen LogP contribution in [0.4, 0.5) is 0 Å². The molecule has 1 aromatic rings. The Labute approximate surface area is 142 Å². The van der Waals surface area contributed by atoms with Gasteiger partial charge in [0.05, 0.1) is 19.2 Å². The van der Waals surface area contributed by atoms with E-state index in [1.54, 1.807) is 25.3 Å². The second-order valence-corrected chi connectivity index (χ2v) is 5.82. The number of methoxy groups -OCH3 is 1. The van der Waals surface area contributed by atoms with Gasteiger partial charge >= 0.3 is 0 Å². The molecule has 6 nitrogen and oxygen atoms in total. The molecule has 0 aromatic heterocycles. The van der Waals surface area contributed by atoms with Gasteiger partial charge in [0.1, 0.15) is 5.75 Å². The third kappa shape index (κ3) is 5.09. The highest BCUT2D eigenvalue weighted by Gasteiger charge is 2.23. The Morgan fingerprint density at radius 2 is 2.04 bits per heavy atom. The molecular weight excluding hydrogens is 306 g/mol. The van der Waals surface area contributed by atoms with Crippen molar-refractivity contribution in [3.8, 4) is 5.75 Å². The van der Waals surface area contributed by atoms with Crippen LogP contribution in [0.15, 0.2) is 36.9 Å². The molecule has 0 unspecified atom stereocenters. The third-order valence-corrected chi connectivity index (χ3v) is 4.09. The molecule has 1 aromatic carbocycles. The van der Waals surface area contributed by atoms with Crippen LogP contribution in [0.5, 0.6) is 5.75 Å². The molecule has 0 saturated carbocycles. The minimum Gasteiger partial charge on any atom is -0.496 e. The minimum absolute atomic E-state index is 0.00593. The van der Waals surface area contributed by atoms with Crippen LogP contribution in [0.3, 0.4) is 0 Å². The predicted molar refractivity (Wildman–Crippen MR) is 93.1 cm³/mol. The number of rotatable bonds is 7. The molecule has 24 heavy (non-hydrogen) atoms. The number of benzene rings is 1. The molecule has 1 aliphatic heterocycles. The van der Waals surface area contributed by atoms with E-state index in [0.29, 0.717) is 24.4 Å². The van der Waals surface area contributed by atoms with E-state index >= 15 is 0 Å². The number of likely N-dealkylation sites (tertiary alicyclic amines) is 1. The van der Waals surface area contributed by atoms with E-state index < -0.39 is 0 Å². The van der Waals surface area contributed by atoms with Crippen molar-refractivity contribution in [1.82, 2.24) is 15.5 Å². The van der Waals surface area contributed by atoms with E-state index in [1.807, 2.05) is 12.1 Å². The number of piperidine rings is 1. The van der Waals surface area contributed by atoms with Gasteiger partial charge in [0.25, 0.3) is 5.91 Å². The Morgan fingerprint density at radius 1 is 1.33 bits per heavy atom. The summed E-state index contributed by atoms with van der Waals surface area (Å²) in [6.07, 6.45) is 3.32. The van der Waals surface area contributed by atoms with Crippen molar-refractivity contribution in [2.45, 2.75) is 18.9 Å². The first-order chi connectivity index (χ1) is 11.6. The molecule has 1 fully saturated rings.